The van der Waals surface area contributed by atoms with Gasteiger partial charge in [-0.3, -0.25) is 0 Å². The first-order valence-electron chi connectivity index (χ1n) is 18.4. The molecule has 0 N–H and O–H groups in total. The zero-order chi connectivity index (χ0) is 36.4. The van der Waals surface area contributed by atoms with Crippen LogP contribution in [-0.4, -0.2) is 8.07 Å². The van der Waals surface area contributed by atoms with E-state index in [2.05, 4.69) is 192 Å². The lowest BCUT2D eigenvalue weighted by molar-refractivity contribution is 0.653. The predicted molar refractivity (Wildman–Crippen MR) is 229 cm³/mol. The Labute approximate surface area is 323 Å². The van der Waals surface area contributed by atoms with Gasteiger partial charge < -0.3 is 0 Å². The quantitative estimate of drug-likeness (QED) is 0.125. The van der Waals surface area contributed by atoms with Crippen molar-refractivity contribution in [1.29, 1.82) is 0 Å². The van der Waals surface area contributed by atoms with Crippen molar-refractivity contribution in [1.82, 2.24) is 0 Å². The maximum atomic E-state index is 3.81. The number of hydrogen-bond donors (Lipinski definition) is 0. The maximum absolute atomic E-state index is 3.81. The number of rotatable bonds is 4. The number of fused-ring (bicyclic) bond motifs is 6. The van der Waals surface area contributed by atoms with Crippen LogP contribution < -0.4 is 15.6 Å². The molecule has 5 aromatic rings. The average Bonchev–Trinajstić information content (AvgIpc) is 3.41. The minimum Gasteiger partial charge on any atom is -0.0781 e. The summed E-state index contributed by atoms with van der Waals surface area (Å²) in [6.07, 6.45) is 6.41. The van der Waals surface area contributed by atoms with E-state index in [0.29, 0.717) is 5.54 Å². The highest BCUT2D eigenvalue weighted by molar-refractivity contribution is 9.10. The van der Waals surface area contributed by atoms with Crippen molar-refractivity contribution in [2.24, 2.45) is 0 Å². The lowest BCUT2D eigenvalue weighted by Crippen LogP contribution is -2.72. The number of hydrogen-bond acceptors (Lipinski definition) is 0. The van der Waals surface area contributed by atoms with Crippen LogP contribution in [0.4, 0.5) is 0 Å². The van der Waals surface area contributed by atoms with E-state index in [1.807, 2.05) is 0 Å². The van der Waals surface area contributed by atoms with Crippen LogP contribution in [0.25, 0.3) is 16.7 Å². The minimum absolute atomic E-state index is 0.0898. The van der Waals surface area contributed by atoms with Crippen molar-refractivity contribution in [2.45, 2.75) is 92.0 Å². The Kier molecular flexibility index (Phi) is 8.11. The summed E-state index contributed by atoms with van der Waals surface area (Å²) < 4.78 is 2.30. The fraction of sp³-hybridized carbons (Fsp3) is 0.292. The molecule has 0 radical (unpaired) electrons. The van der Waals surface area contributed by atoms with Gasteiger partial charge in [-0.1, -0.05) is 160 Å². The summed E-state index contributed by atoms with van der Waals surface area (Å²) in [7, 11) is -2.84. The monoisotopic (exact) mass is 810 g/mol. The second kappa shape index (κ2) is 11.9. The van der Waals surface area contributed by atoms with E-state index in [1.54, 1.807) is 10.4 Å². The summed E-state index contributed by atoms with van der Waals surface area (Å²) >= 11 is 7.61. The summed E-state index contributed by atoms with van der Waals surface area (Å²) in [5, 5.41) is 4.71. The molecule has 3 aliphatic carbocycles. The summed E-state index contributed by atoms with van der Waals surface area (Å²) in [6.45, 7) is 23.8. The van der Waals surface area contributed by atoms with Crippen LogP contribution in [0.5, 0.6) is 0 Å². The number of allylic oxidation sites excluding steroid dienone is 4. The SMILES string of the molecule is Cc1cc(C)c([Si](c2ccc3c(c2)C(C)(C)c2cc(Br)ccc2-3)(c2c(C)cc(C)cc2C)C2C=C3C(=CC2)c2ccc(Br)cc2C3(C)C)c(C)c1. The van der Waals surface area contributed by atoms with Crippen LogP contribution in [0.15, 0.2) is 106 Å². The first-order valence-corrected chi connectivity index (χ1v) is 22.1. The number of halogens is 2. The van der Waals surface area contributed by atoms with Crippen molar-refractivity contribution in [3.63, 3.8) is 0 Å². The van der Waals surface area contributed by atoms with Gasteiger partial charge >= 0.3 is 0 Å². The van der Waals surface area contributed by atoms with Crippen LogP contribution in [0.2, 0.25) is 5.54 Å². The molecule has 8 rings (SSSR count). The predicted octanol–water partition coefficient (Wildman–Crippen LogP) is 11.9. The van der Waals surface area contributed by atoms with Crippen molar-refractivity contribution in [3.05, 3.63) is 161 Å². The molecular formula is C48H48Br2Si. The molecule has 51 heavy (non-hydrogen) atoms. The van der Waals surface area contributed by atoms with Gasteiger partial charge in [0, 0.05) is 19.8 Å². The van der Waals surface area contributed by atoms with E-state index in [0.717, 1.165) is 15.4 Å². The molecule has 3 aliphatic rings. The first kappa shape index (κ1) is 34.8. The third-order valence-corrected chi connectivity index (χ3v) is 19.5. The fourth-order valence-electron chi connectivity index (χ4n) is 10.8. The highest BCUT2D eigenvalue weighted by Crippen LogP contribution is 2.55. The second-order valence-electron chi connectivity index (χ2n) is 16.8. The van der Waals surface area contributed by atoms with E-state index in [-0.39, 0.29) is 10.8 Å². The molecule has 258 valence electrons. The Balaban J connectivity index is 1.50. The van der Waals surface area contributed by atoms with E-state index in [9.17, 15) is 0 Å². The summed E-state index contributed by atoms with van der Waals surface area (Å²) in [5.74, 6) is 0. The Bertz CT molecular complexity index is 2280. The minimum atomic E-state index is -2.84. The van der Waals surface area contributed by atoms with Gasteiger partial charge in [0.2, 0.25) is 0 Å². The molecular weight excluding hydrogens is 764 g/mol. The van der Waals surface area contributed by atoms with Crippen LogP contribution in [0.3, 0.4) is 0 Å². The van der Waals surface area contributed by atoms with Crippen LogP contribution in [0, 0.1) is 41.5 Å². The lowest BCUT2D eigenvalue weighted by Gasteiger charge is -2.45. The summed E-state index contributed by atoms with van der Waals surface area (Å²) in [4.78, 5) is 0. The van der Waals surface area contributed by atoms with Gasteiger partial charge in [-0.15, -0.1) is 0 Å². The molecule has 0 aliphatic heterocycles. The molecule has 5 aromatic carbocycles. The van der Waals surface area contributed by atoms with Crippen molar-refractivity contribution >= 4 is 61.1 Å². The average molecular weight is 813 g/mol. The normalized spacial score (nSPS) is 18.1. The van der Waals surface area contributed by atoms with Gasteiger partial charge in [-0.25, -0.2) is 0 Å². The third kappa shape index (κ3) is 5.01. The highest BCUT2D eigenvalue weighted by atomic mass is 79.9. The van der Waals surface area contributed by atoms with E-state index >= 15 is 0 Å². The third-order valence-electron chi connectivity index (χ3n) is 12.6. The molecule has 0 fully saturated rings. The Morgan fingerprint density at radius 1 is 0.549 bits per heavy atom. The van der Waals surface area contributed by atoms with Crippen LogP contribution in [0.1, 0.15) is 89.8 Å². The second-order valence-corrected chi connectivity index (χ2v) is 22.6. The molecule has 3 heteroatoms. The number of aryl methyl sites for hydroxylation is 6. The molecule has 0 saturated heterocycles. The first-order chi connectivity index (χ1) is 24.1. The standard InChI is InChI=1S/C48H48Br2Si/c1-27-19-29(3)45(30(4)20-27)51(46-31(5)21-28(2)22-32(46)6,35-13-17-39-37-15-11-33(49)23-41(37)47(7,8)43(39)25-35)36-14-18-40-38-16-12-34(50)24-42(38)48(9,10)44(40)26-36/h11-13,15-26,36H,14H2,1-10H3. The van der Waals surface area contributed by atoms with Crippen molar-refractivity contribution in [2.75, 3.05) is 0 Å². The van der Waals surface area contributed by atoms with Gasteiger partial charge in [-0.05, 0) is 138 Å². The highest BCUT2D eigenvalue weighted by Gasteiger charge is 2.52. The molecule has 0 heterocycles. The molecule has 0 amide bonds. The molecule has 1 unspecified atom stereocenters. The number of benzene rings is 5. The molecule has 0 aromatic heterocycles. The lowest BCUT2D eigenvalue weighted by atomic mass is 9.80. The van der Waals surface area contributed by atoms with Gasteiger partial charge in [-0.2, -0.15) is 0 Å². The summed E-state index contributed by atoms with van der Waals surface area (Å²) in [6, 6.07) is 31.3. The molecule has 1 atom stereocenters. The van der Waals surface area contributed by atoms with Gasteiger partial charge in [0.25, 0.3) is 0 Å². The van der Waals surface area contributed by atoms with Crippen molar-refractivity contribution in [3.8, 4) is 11.1 Å². The molecule has 0 spiro atoms. The Morgan fingerprint density at radius 2 is 1.00 bits per heavy atom. The Morgan fingerprint density at radius 3 is 1.53 bits per heavy atom. The largest absolute Gasteiger partial charge is 0.156 e. The van der Waals surface area contributed by atoms with Crippen LogP contribution in [-0.2, 0) is 10.8 Å². The van der Waals surface area contributed by atoms with Gasteiger partial charge in [0.05, 0.1) is 0 Å². The zero-order valence-electron chi connectivity index (χ0n) is 31.7. The zero-order valence-corrected chi connectivity index (χ0v) is 35.9. The summed E-state index contributed by atoms with van der Waals surface area (Å²) in [5.41, 5.74) is 19.9. The van der Waals surface area contributed by atoms with Crippen LogP contribution >= 0.6 is 31.9 Å². The Hall–Kier alpha value is -3.24. The van der Waals surface area contributed by atoms with Gasteiger partial charge in [0.1, 0.15) is 0 Å². The van der Waals surface area contributed by atoms with E-state index in [1.165, 1.54) is 83.1 Å². The van der Waals surface area contributed by atoms with Crippen molar-refractivity contribution < 1.29 is 0 Å². The smallest absolute Gasteiger partial charge is 0.0781 e. The molecule has 0 saturated carbocycles. The molecule has 0 bridgehead atoms. The van der Waals surface area contributed by atoms with E-state index in [4.69, 9.17) is 0 Å². The van der Waals surface area contributed by atoms with Gasteiger partial charge in [0.15, 0.2) is 8.07 Å². The topological polar surface area (TPSA) is 0 Å². The fourth-order valence-corrected chi connectivity index (χ4v) is 17.9. The van der Waals surface area contributed by atoms with E-state index < -0.39 is 8.07 Å². The molecule has 0 nitrogen and oxygen atoms in total. The maximum Gasteiger partial charge on any atom is 0.156 e.